The van der Waals surface area contributed by atoms with Crippen LogP contribution in [0.2, 0.25) is 0 Å². The number of halogens is 1. The molecule has 15 heavy (non-hydrogen) atoms. The molecule has 0 aliphatic carbocycles. The third-order valence-corrected chi connectivity index (χ3v) is 5.04. The van der Waals surface area contributed by atoms with Crippen LogP contribution in [0.5, 0.6) is 0 Å². The summed E-state index contributed by atoms with van der Waals surface area (Å²) in [4.78, 5) is 0. The summed E-state index contributed by atoms with van der Waals surface area (Å²) in [5, 5.41) is 0. The van der Waals surface area contributed by atoms with E-state index in [0.717, 1.165) is 6.42 Å². The molecule has 0 radical (unpaired) electrons. The highest BCUT2D eigenvalue weighted by Gasteiger charge is 2.24. The number of alkyl halides is 1. The van der Waals surface area contributed by atoms with E-state index in [9.17, 15) is 8.42 Å². The first-order valence-electron chi connectivity index (χ1n) is 5.34. The van der Waals surface area contributed by atoms with Gasteiger partial charge in [-0.05, 0) is 25.7 Å². The highest BCUT2D eigenvalue weighted by atomic mass is 35.5. The van der Waals surface area contributed by atoms with Gasteiger partial charge in [-0.3, -0.25) is 0 Å². The molecule has 0 aromatic heterocycles. The Morgan fingerprint density at radius 3 is 2.13 bits per heavy atom. The van der Waals surface area contributed by atoms with Crippen LogP contribution < -0.4 is 0 Å². The van der Waals surface area contributed by atoms with E-state index in [4.69, 9.17) is 11.6 Å². The third kappa shape index (κ3) is 5.18. The Kier molecular flexibility index (Phi) is 6.80. The molecule has 92 valence electrons. The topological polar surface area (TPSA) is 37.4 Å². The quantitative estimate of drug-likeness (QED) is 0.517. The van der Waals surface area contributed by atoms with Crippen molar-refractivity contribution in [3.63, 3.8) is 0 Å². The molecule has 0 aromatic carbocycles. The van der Waals surface area contributed by atoms with Crippen molar-refractivity contribution in [3.8, 4) is 0 Å². The molecule has 0 amide bonds. The zero-order chi connectivity index (χ0) is 12.1. The standard InChI is InChI=1S/C10H22ClNO2S/c1-9(2)10(3)12(4)15(13,14)8-6-5-7-11/h9-10H,5-8H2,1-4H3. The molecule has 0 aliphatic heterocycles. The second-order valence-corrected chi connectivity index (χ2v) is 6.74. The van der Waals surface area contributed by atoms with Crippen LogP contribution in [0, 0.1) is 5.92 Å². The number of rotatable bonds is 7. The Morgan fingerprint density at radius 1 is 1.20 bits per heavy atom. The van der Waals surface area contributed by atoms with Crippen molar-refractivity contribution in [1.82, 2.24) is 4.31 Å². The van der Waals surface area contributed by atoms with Crippen LogP contribution in [0.3, 0.4) is 0 Å². The molecule has 3 nitrogen and oxygen atoms in total. The molecule has 0 heterocycles. The predicted molar refractivity (Wildman–Crippen MR) is 65.8 cm³/mol. The molecule has 0 saturated carbocycles. The lowest BCUT2D eigenvalue weighted by Crippen LogP contribution is -2.39. The molecule has 0 aliphatic rings. The van der Waals surface area contributed by atoms with E-state index < -0.39 is 10.0 Å². The van der Waals surface area contributed by atoms with Crippen molar-refractivity contribution in [3.05, 3.63) is 0 Å². The van der Waals surface area contributed by atoms with Crippen LogP contribution >= 0.6 is 11.6 Å². The number of hydrogen-bond acceptors (Lipinski definition) is 2. The van der Waals surface area contributed by atoms with E-state index in [1.54, 1.807) is 7.05 Å². The fourth-order valence-corrected chi connectivity index (χ4v) is 2.99. The minimum atomic E-state index is -3.10. The van der Waals surface area contributed by atoms with Crippen molar-refractivity contribution in [1.29, 1.82) is 0 Å². The monoisotopic (exact) mass is 255 g/mol. The van der Waals surface area contributed by atoms with E-state index in [2.05, 4.69) is 0 Å². The summed E-state index contributed by atoms with van der Waals surface area (Å²) in [5.41, 5.74) is 0. The van der Waals surface area contributed by atoms with Gasteiger partial charge < -0.3 is 0 Å². The van der Waals surface area contributed by atoms with E-state index in [1.165, 1.54) is 4.31 Å². The van der Waals surface area contributed by atoms with Crippen LogP contribution in [-0.2, 0) is 10.0 Å². The lowest BCUT2D eigenvalue weighted by atomic mass is 10.1. The van der Waals surface area contributed by atoms with Gasteiger partial charge in [0.05, 0.1) is 5.75 Å². The zero-order valence-electron chi connectivity index (χ0n) is 10.0. The molecule has 0 fully saturated rings. The number of hydrogen-bond donors (Lipinski definition) is 0. The summed E-state index contributed by atoms with van der Waals surface area (Å²) in [6.45, 7) is 5.98. The second-order valence-electron chi connectivity index (χ2n) is 4.21. The highest BCUT2D eigenvalue weighted by Crippen LogP contribution is 2.13. The van der Waals surface area contributed by atoms with E-state index in [-0.39, 0.29) is 11.8 Å². The van der Waals surface area contributed by atoms with Gasteiger partial charge in [-0.15, -0.1) is 11.6 Å². The Labute approximate surface area is 98.8 Å². The number of sulfonamides is 1. The molecule has 0 spiro atoms. The molecule has 1 atom stereocenters. The van der Waals surface area contributed by atoms with E-state index in [0.29, 0.717) is 18.2 Å². The SMILES string of the molecule is CC(C)C(C)N(C)S(=O)(=O)CCCCCl. The zero-order valence-corrected chi connectivity index (χ0v) is 11.6. The molecule has 0 bridgehead atoms. The molecular formula is C10H22ClNO2S. The van der Waals surface area contributed by atoms with Gasteiger partial charge >= 0.3 is 0 Å². The van der Waals surface area contributed by atoms with Gasteiger partial charge in [-0.2, -0.15) is 0 Å². The Balaban J connectivity index is 4.32. The summed E-state index contributed by atoms with van der Waals surface area (Å²) in [6, 6.07) is 0.0472. The maximum atomic E-state index is 11.8. The molecule has 0 N–H and O–H groups in total. The largest absolute Gasteiger partial charge is 0.214 e. The summed E-state index contributed by atoms with van der Waals surface area (Å²) >= 11 is 5.51. The molecule has 0 saturated heterocycles. The maximum absolute atomic E-state index is 11.8. The number of nitrogens with zero attached hydrogens (tertiary/aromatic N) is 1. The normalized spacial score (nSPS) is 14.9. The fraction of sp³-hybridized carbons (Fsp3) is 1.00. The number of unbranched alkanes of at least 4 members (excludes halogenated alkanes) is 1. The van der Waals surface area contributed by atoms with Gasteiger partial charge in [-0.25, -0.2) is 12.7 Å². The second kappa shape index (κ2) is 6.71. The van der Waals surface area contributed by atoms with Crippen LogP contribution in [0.15, 0.2) is 0 Å². The van der Waals surface area contributed by atoms with Crippen LogP contribution in [0.1, 0.15) is 33.6 Å². The molecule has 1 unspecified atom stereocenters. The summed E-state index contributed by atoms with van der Waals surface area (Å²) in [7, 11) is -1.45. The van der Waals surface area contributed by atoms with Gasteiger partial charge in [0.15, 0.2) is 0 Å². The summed E-state index contributed by atoms with van der Waals surface area (Å²) in [5.74, 6) is 1.06. The minimum absolute atomic E-state index is 0.0472. The van der Waals surface area contributed by atoms with Gasteiger partial charge in [0.2, 0.25) is 10.0 Å². The van der Waals surface area contributed by atoms with E-state index in [1.807, 2.05) is 20.8 Å². The summed E-state index contributed by atoms with van der Waals surface area (Å²) in [6.07, 6.45) is 1.39. The highest BCUT2D eigenvalue weighted by molar-refractivity contribution is 7.89. The van der Waals surface area contributed by atoms with Crippen molar-refractivity contribution >= 4 is 21.6 Å². The van der Waals surface area contributed by atoms with Crippen LogP contribution in [0.4, 0.5) is 0 Å². The molecule has 0 aromatic rings. The molecule has 5 heteroatoms. The van der Waals surface area contributed by atoms with Crippen molar-refractivity contribution in [2.75, 3.05) is 18.7 Å². The van der Waals surface area contributed by atoms with Crippen molar-refractivity contribution in [2.45, 2.75) is 39.7 Å². The first-order valence-corrected chi connectivity index (χ1v) is 7.49. The Bertz CT molecular complexity index is 265. The Hall–Kier alpha value is 0.200. The van der Waals surface area contributed by atoms with Crippen LogP contribution in [-0.4, -0.2) is 37.4 Å². The maximum Gasteiger partial charge on any atom is 0.214 e. The van der Waals surface area contributed by atoms with Gasteiger partial charge in [0, 0.05) is 19.0 Å². The average Bonchev–Trinajstić information content (AvgIpc) is 2.15. The molecular weight excluding hydrogens is 234 g/mol. The molecule has 0 rings (SSSR count). The van der Waals surface area contributed by atoms with Gasteiger partial charge in [-0.1, -0.05) is 13.8 Å². The minimum Gasteiger partial charge on any atom is -0.212 e. The fourth-order valence-electron chi connectivity index (χ4n) is 1.20. The lowest BCUT2D eigenvalue weighted by molar-refractivity contribution is 0.315. The van der Waals surface area contributed by atoms with Crippen molar-refractivity contribution in [2.24, 2.45) is 5.92 Å². The van der Waals surface area contributed by atoms with Gasteiger partial charge in [0.25, 0.3) is 0 Å². The predicted octanol–water partition coefficient (Wildman–Crippen LogP) is 2.31. The average molecular weight is 256 g/mol. The van der Waals surface area contributed by atoms with E-state index >= 15 is 0 Å². The first kappa shape index (κ1) is 15.2. The Morgan fingerprint density at radius 2 is 1.73 bits per heavy atom. The van der Waals surface area contributed by atoms with Crippen molar-refractivity contribution < 1.29 is 8.42 Å². The third-order valence-electron chi connectivity index (χ3n) is 2.76. The first-order chi connectivity index (χ1) is 6.83. The lowest BCUT2D eigenvalue weighted by Gasteiger charge is -2.27. The summed E-state index contributed by atoms with van der Waals surface area (Å²) < 4.78 is 25.1. The van der Waals surface area contributed by atoms with Crippen LogP contribution in [0.25, 0.3) is 0 Å². The van der Waals surface area contributed by atoms with Gasteiger partial charge in [0.1, 0.15) is 0 Å². The smallest absolute Gasteiger partial charge is 0.212 e.